The average molecular weight is 207 g/mol. The van der Waals surface area contributed by atoms with Crippen LogP contribution in [0.3, 0.4) is 0 Å². The molecule has 0 saturated carbocycles. The number of ether oxygens (including phenoxy) is 1. The lowest BCUT2D eigenvalue weighted by molar-refractivity contribution is 0.0203. The normalized spacial score (nSPS) is 10.4. The van der Waals surface area contributed by atoms with Gasteiger partial charge in [-0.25, -0.2) is 5.06 Å². The van der Waals surface area contributed by atoms with Crippen molar-refractivity contribution < 1.29 is 9.57 Å². The minimum atomic E-state index is 0.830. The van der Waals surface area contributed by atoms with Gasteiger partial charge in [0.25, 0.3) is 0 Å². The fourth-order valence-electron chi connectivity index (χ4n) is 1.25. The summed E-state index contributed by atoms with van der Waals surface area (Å²) in [4.78, 5) is 5.58. The van der Waals surface area contributed by atoms with E-state index in [4.69, 9.17) is 9.57 Å². The summed E-state index contributed by atoms with van der Waals surface area (Å²) in [5.74, 6) is 1.67. The molecule has 15 heavy (non-hydrogen) atoms. The Labute approximate surface area is 90.9 Å². The number of benzene rings is 1. The first kappa shape index (κ1) is 11.4. The molecule has 0 N–H and O–H groups in total. The second-order valence-electron chi connectivity index (χ2n) is 3.25. The number of hydrogen-bond donors (Lipinski definition) is 0. The van der Waals surface area contributed by atoms with Crippen LogP contribution in [0.5, 0.6) is 11.5 Å². The number of aryl methyl sites for hydroxylation is 1. The van der Waals surface area contributed by atoms with Gasteiger partial charge in [-0.1, -0.05) is 6.08 Å². The van der Waals surface area contributed by atoms with Crippen LogP contribution in [-0.4, -0.2) is 19.2 Å². The van der Waals surface area contributed by atoms with Crippen molar-refractivity contribution >= 4 is 0 Å². The summed E-state index contributed by atoms with van der Waals surface area (Å²) in [6.45, 7) is 3.93. The van der Waals surface area contributed by atoms with E-state index in [1.165, 1.54) is 0 Å². The highest BCUT2D eigenvalue weighted by Crippen LogP contribution is 2.23. The summed E-state index contributed by atoms with van der Waals surface area (Å²) < 4.78 is 5.12. The molecule has 0 aliphatic carbocycles. The zero-order valence-corrected chi connectivity index (χ0v) is 9.65. The van der Waals surface area contributed by atoms with Gasteiger partial charge in [-0.2, -0.15) is 0 Å². The molecule has 0 aliphatic rings. The molecule has 0 unspecified atom stereocenters. The summed E-state index contributed by atoms with van der Waals surface area (Å²) in [5, 5.41) is 1.66. The quantitative estimate of drug-likeness (QED) is 0.709. The zero-order chi connectivity index (χ0) is 11.3. The molecule has 1 aromatic rings. The molecule has 0 heterocycles. The molecule has 1 aromatic carbocycles. The maximum Gasteiger partial charge on any atom is 0.158 e. The van der Waals surface area contributed by atoms with Crippen LogP contribution in [0.15, 0.2) is 30.5 Å². The number of methoxy groups -OCH3 is 1. The van der Waals surface area contributed by atoms with Crippen LogP contribution in [0.2, 0.25) is 0 Å². The topological polar surface area (TPSA) is 21.7 Å². The molecule has 1 rings (SSSR count). The van der Waals surface area contributed by atoms with E-state index in [-0.39, 0.29) is 0 Å². The number of hydrogen-bond acceptors (Lipinski definition) is 3. The smallest absolute Gasteiger partial charge is 0.158 e. The Hall–Kier alpha value is -1.64. The highest BCUT2D eigenvalue weighted by molar-refractivity contribution is 5.39. The molecular formula is C12H17NO2. The first-order chi connectivity index (χ1) is 7.17. The summed E-state index contributed by atoms with van der Waals surface area (Å²) in [6.07, 6.45) is 3.77. The van der Waals surface area contributed by atoms with Crippen LogP contribution in [0.1, 0.15) is 12.5 Å². The summed E-state index contributed by atoms with van der Waals surface area (Å²) in [7, 11) is 3.50. The van der Waals surface area contributed by atoms with Crippen LogP contribution in [0.4, 0.5) is 0 Å². The molecule has 0 spiro atoms. The van der Waals surface area contributed by atoms with Crippen molar-refractivity contribution in [2.24, 2.45) is 0 Å². The van der Waals surface area contributed by atoms with Crippen LogP contribution in [0, 0.1) is 6.92 Å². The van der Waals surface area contributed by atoms with Crippen LogP contribution < -0.4 is 9.57 Å². The van der Waals surface area contributed by atoms with Crippen molar-refractivity contribution in [3.63, 3.8) is 0 Å². The van der Waals surface area contributed by atoms with Crippen molar-refractivity contribution in [2.45, 2.75) is 13.8 Å². The summed E-state index contributed by atoms with van der Waals surface area (Å²) >= 11 is 0. The lowest BCUT2D eigenvalue weighted by atomic mass is 10.2. The van der Waals surface area contributed by atoms with Gasteiger partial charge in [0.15, 0.2) is 5.75 Å². The fourth-order valence-corrected chi connectivity index (χ4v) is 1.25. The minimum Gasteiger partial charge on any atom is -0.497 e. The Morgan fingerprint density at radius 1 is 1.33 bits per heavy atom. The minimum absolute atomic E-state index is 0.830. The highest BCUT2D eigenvalue weighted by atomic mass is 16.7. The molecule has 0 radical (unpaired) electrons. The Morgan fingerprint density at radius 2 is 2.07 bits per heavy atom. The lowest BCUT2D eigenvalue weighted by Crippen LogP contribution is -2.15. The van der Waals surface area contributed by atoms with Gasteiger partial charge in [-0.3, -0.25) is 0 Å². The van der Waals surface area contributed by atoms with Gasteiger partial charge in [-0.15, -0.1) is 0 Å². The first-order valence-electron chi connectivity index (χ1n) is 4.85. The molecular weight excluding hydrogens is 190 g/mol. The third kappa shape index (κ3) is 3.20. The van der Waals surface area contributed by atoms with Gasteiger partial charge in [0.2, 0.25) is 0 Å². The molecule has 0 amide bonds. The average Bonchev–Trinajstić information content (AvgIpc) is 2.21. The van der Waals surface area contributed by atoms with Gasteiger partial charge >= 0.3 is 0 Å². The largest absolute Gasteiger partial charge is 0.497 e. The lowest BCUT2D eigenvalue weighted by Gasteiger charge is -2.16. The predicted octanol–water partition coefficient (Wildman–Crippen LogP) is 2.76. The Morgan fingerprint density at radius 3 is 2.60 bits per heavy atom. The SMILES string of the molecule is C/C=C\N(C)Oc1ccc(OC)cc1C. The second-order valence-corrected chi connectivity index (χ2v) is 3.25. The molecule has 0 aliphatic heterocycles. The van der Waals surface area contributed by atoms with Crippen molar-refractivity contribution in [1.82, 2.24) is 5.06 Å². The van der Waals surface area contributed by atoms with E-state index in [1.807, 2.05) is 51.4 Å². The van der Waals surface area contributed by atoms with Crippen molar-refractivity contribution in [3.05, 3.63) is 36.0 Å². The second kappa shape index (κ2) is 5.29. The summed E-state index contributed by atoms with van der Waals surface area (Å²) in [5.41, 5.74) is 1.05. The van der Waals surface area contributed by atoms with E-state index >= 15 is 0 Å². The number of allylic oxidation sites excluding steroid dienone is 1. The first-order valence-corrected chi connectivity index (χ1v) is 4.85. The third-order valence-corrected chi connectivity index (χ3v) is 1.98. The molecule has 0 bridgehead atoms. The zero-order valence-electron chi connectivity index (χ0n) is 9.65. The molecule has 0 atom stereocenters. The van der Waals surface area contributed by atoms with E-state index in [0.717, 1.165) is 17.1 Å². The van der Waals surface area contributed by atoms with E-state index in [9.17, 15) is 0 Å². The van der Waals surface area contributed by atoms with Crippen molar-refractivity contribution in [2.75, 3.05) is 14.2 Å². The highest BCUT2D eigenvalue weighted by Gasteiger charge is 2.02. The van der Waals surface area contributed by atoms with E-state index in [2.05, 4.69) is 0 Å². The molecule has 0 fully saturated rings. The van der Waals surface area contributed by atoms with Gasteiger partial charge in [0, 0.05) is 13.2 Å². The standard InChI is InChI=1S/C12H17NO2/c1-5-8-13(3)15-12-7-6-11(14-4)9-10(12)2/h5-9H,1-4H3/b8-5-. The van der Waals surface area contributed by atoms with Gasteiger partial charge in [0.05, 0.1) is 7.11 Å². The van der Waals surface area contributed by atoms with Crippen molar-refractivity contribution in [1.29, 1.82) is 0 Å². The van der Waals surface area contributed by atoms with Crippen molar-refractivity contribution in [3.8, 4) is 11.5 Å². The fraction of sp³-hybridized carbons (Fsp3) is 0.333. The molecule has 0 saturated heterocycles. The maximum atomic E-state index is 5.58. The van der Waals surface area contributed by atoms with E-state index in [1.54, 1.807) is 12.2 Å². The summed E-state index contributed by atoms with van der Waals surface area (Å²) in [6, 6.07) is 5.72. The number of rotatable bonds is 4. The van der Waals surface area contributed by atoms with Gasteiger partial charge in [-0.05, 0) is 37.6 Å². The Bertz CT molecular complexity index is 347. The van der Waals surface area contributed by atoms with Crippen LogP contribution >= 0.6 is 0 Å². The van der Waals surface area contributed by atoms with Crippen LogP contribution in [-0.2, 0) is 0 Å². The number of nitrogens with zero attached hydrogens (tertiary/aromatic N) is 1. The van der Waals surface area contributed by atoms with Gasteiger partial charge in [0.1, 0.15) is 5.75 Å². The van der Waals surface area contributed by atoms with E-state index < -0.39 is 0 Å². The van der Waals surface area contributed by atoms with E-state index in [0.29, 0.717) is 0 Å². The Kier molecular flexibility index (Phi) is 4.03. The monoisotopic (exact) mass is 207 g/mol. The maximum absolute atomic E-state index is 5.58. The third-order valence-electron chi connectivity index (χ3n) is 1.98. The molecule has 0 aromatic heterocycles. The van der Waals surface area contributed by atoms with Crippen LogP contribution in [0.25, 0.3) is 0 Å². The van der Waals surface area contributed by atoms with Gasteiger partial charge < -0.3 is 9.57 Å². The number of hydroxylamine groups is 2. The Balaban J connectivity index is 2.78. The molecule has 3 heteroatoms. The molecule has 82 valence electrons. The predicted molar refractivity (Wildman–Crippen MR) is 60.9 cm³/mol. The molecule has 3 nitrogen and oxygen atoms in total.